The van der Waals surface area contributed by atoms with Gasteiger partial charge in [0.25, 0.3) is 5.91 Å². The maximum Gasteiger partial charge on any atom is 0.265 e. The second-order valence-corrected chi connectivity index (χ2v) is 7.27. The Morgan fingerprint density at radius 2 is 1.67 bits per heavy atom. The first-order chi connectivity index (χ1) is 14.5. The third-order valence-corrected chi connectivity index (χ3v) is 5.14. The van der Waals surface area contributed by atoms with Crippen molar-refractivity contribution < 1.29 is 9.53 Å². The lowest BCUT2D eigenvalue weighted by molar-refractivity contribution is -0.122. The van der Waals surface area contributed by atoms with Crippen LogP contribution in [-0.4, -0.2) is 22.0 Å². The standard InChI is InChI=1S/C25H23N3O2/c1-16-7-6-10-21(17(16)2)28-25(29)18(3)30-20-13-11-19(12-14-20)24-15-26-22-8-4-5-9-23(22)27-24/h4-15,18H,1-3H3,(H,28,29)/t18-/m0/s1. The minimum absolute atomic E-state index is 0.187. The molecule has 5 nitrogen and oxygen atoms in total. The predicted octanol–water partition coefficient (Wildman–Crippen LogP) is 5.32. The summed E-state index contributed by atoms with van der Waals surface area (Å²) in [6.07, 6.45) is 1.13. The summed E-state index contributed by atoms with van der Waals surface area (Å²) in [5.74, 6) is 0.435. The number of hydrogen-bond acceptors (Lipinski definition) is 4. The number of carbonyl (C=O) groups excluding carboxylic acids is 1. The van der Waals surface area contributed by atoms with Gasteiger partial charge in [-0.1, -0.05) is 24.3 Å². The number of nitrogens with one attached hydrogen (secondary N) is 1. The van der Waals surface area contributed by atoms with Gasteiger partial charge in [0.2, 0.25) is 0 Å². The summed E-state index contributed by atoms with van der Waals surface area (Å²) in [5, 5.41) is 2.94. The molecule has 1 heterocycles. The number of rotatable bonds is 5. The first-order valence-corrected chi connectivity index (χ1v) is 9.87. The smallest absolute Gasteiger partial charge is 0.265 e. The molecule has 30 heavy (non-hydrogen) atoms. The highest BCUT2D eigenvalue weighted by molar-refractivity contribution is 5.94. The Labute approximate surface area is 175 Å². The number of fused-ring (bicyclic) bond motifs is 1. The highest BCUT2D eigenvalue weighted by Gasteiger charge is 2.16. The second-order valence-electron chi connectivity index (χ2n) is 7.27. The normalized spacial score (nSPS) is 11.8. The number of nitrogens with zero attached hydrogens (tertiary/aromatic N) is 2. The number of aromatic nitrogens is 2. The van der Waals surface area contributed by atoms with Crippen LogP contribution >= 0.6 is 0 Å². The third kappa shape index (κ3) is 4.15. The SMILES string of the molecule is Cc1cccc(NC(=O)[C@H](C)Oc2ccc(-c3cnc4ccccc4n3)cc2)c1C. The molecule has 0 aliphatic rings. The lowest BCUT2D eigenvalue weighted by Crippen LogP contribution is -2.30. The van der Waals surface area contributed by atoms with E-state index in [0.717, 1.165) is 39.1 Å². The quantitative estimate of drug-likeness (QED) is 0.495. The topological polar surface area (TPSA) is 64.1 Å². The van der Waals surface area contributed by atoms with Crippen LogP contribution in [0.3, 0.4) is 0 Å². The average Bonchev–Trinajstić information content (AvgIpc) is 2.77. The van der Waals surface area contributed by atoms with Gasteiger partial charge in [-0.2, -0.15) is 0 Å². The van der Waals surface area contributed by atoms with Gasteiger partial charge in [-0.15, -0.1) is 0 Å². The summed E-state index contributed by atoms with van der Waals surface area (Å²) < 4.78 is 5.83. The number of aryl methyl sites for hydroxylation is 1. The Kier molecular flexibility index (Phi) is 5.44. The van der Waals surface area contributed by atoms with E-state index in [0.29, 0.717) is 5.75 Å². The summed E-state index contributed by atoms with van der Waals surface area (Å²) in [5.41, 5.74) is 6.44. The van der Waals surface area contributed by atoms with Crippen molar-refractivity contribution in [3.63, 3.8) is 0 Å². The molecular weight excluding hydrogens is 374 g/mol. The number of hydrogen-bond donors (Lipinski definition) is 1. The number of carbonyl (C=O) groups is 1. The molecule has 0 aliphatic heterocycles. The van der Waals surface area contributed by atoms with E-state index in [4.69, 9.17) is 4.74 Å². The van der Waals surface area contributed by atoms with Crippen LogP contribution in [0.5, 0.6) is 5.75 Å². The van der Waals surface area contributed by atoms with E-state index in [1.54, 1.807) is 13.1 Å². The summed E-state index contributed by atoms with van der Waals surface area (Å²) in [6, 6.07) is 21.1. The van der Waals surface area contributed by atoms with Gasteiger partial charge in [0.05, 0.1) is 22.9 Å². The predicted molar refractivity (Wildman–Crippen MR) is 120 cm³/mol. The zero-order valence-electron chi connectivity index (χ0n) is 17.2. The number of anilines is 1. The van der Waals surface area contributed by atoms with Crippen molar-refractivity contribution in [2.45, 2.75) is 26.9 Å². The Morgan fingerprint density at radius 1 is 0.933 bits per heavy atom. The van der Waals surface area contributed by atoms with Crippen LogP contribution < -0.4 is 10.1 Å². The molecule has 0 saturated carbocycles. The lowest BCUT2D eigenvalue weighted by atomic mass is 10.1. The largest absolute Gasteiger partial charge is 0.481 e. The minimum atomic E-state index is -0.628. The number of benzene rings is 3. The molecule has 1 atom stereocenters. The van der Waals surface area contributed by atoms with Crippen molar-refractivity contribution in [2.24, 2.45) is 0 Å². The van der Waals surface area contributed by atoms with Gasteiger partial charge < -0.3 is 10.1 Å². The molecule has 4 aromatic rings. The Morgan fingerprint density at radius 3 is 2.43 bits per heavy atom. The molecule has 1 amide bonds. The number of amides is 1. The highest BCUT2D eigenvalue weighted by Crippen LogP contribution is 2.23. The molecule has 1 N–H and O–H groups in total. The van der Waals surface area contributed by atoms with Crippen molar-refractivity contribution in [3.8, 4) is 17.0 Å². The molecule has 0 fully saturated rings. The van der Waals surface area contributed by atoms with Crippen molar-refractivity contribution >= 4 is 22.6 Å². The van der Waals surface area contributed by atoms with Crippen LogP contribution in [0, 0.1) is 13.8 Å². The molecule has 0 unspecified atom stereocenters. The second kappa shape index (κ2) is 8.33. The van der Waals surface area contributed by atoms with E-state index in [-0.39, 0.29) is 5.91 Å². The van der Waals surface area contributed by atoms with Crippen LogP contribution in [0.1, 0.15) is 18.1 Å². The van der Waals surface area contributed by atoms with Crippen molar-refractivity contribution in [3.05, 3.63) is 84.1 Å². The van der Waals surface area contributed by atoms with E-state index in [1.165, 1.54) is 0 Å². The Balaban J connectivity index is 1.44. The zero-order valence-corrected chi connectivity index (χ0v) is 17.2. The van der Waals surface area contributed by atoms with Gasteiger partial charge in [-0.25, -0.2) is 4.98 Å². The third-order valence-electron chi connectivity index (χ3n) is 5.14. The van der Waals surface area contributed by atoms with Crippen molar-refractivity contribution in [1.82, 2.24) is 9.97 Å². The summed E-state index contributed by atoms with van der Waals surface area (Å²) in [4.78, 5) is 21.7. The molecule has 5 heteroatoms. The van der Waals surface area contributed by atoms with Crippen molar-refractivity contribution in [2.75, 3.05) is 5.32 Å². The van der Waals surface area contributed by atoms with E-state index in [1.807, 2.05) is 80.6 Å². The first-order valence-electron chi connectivity index (χ1n) is 9.87. The molecule has 4 rings (SSSR count). The number of para-hydroxylation sites is 2. The van der Waals surface area contributed by atoms with Gasteiger partial charge >= 0.3 is 0 Å². The van der Waals surface area contributed by atoms with Crippen LogP contribution in [0.4, 0.5) is 5.69 Å². The van der Waals surface area contributed by atoms with Gasteiger partial charge in [0.15, 0.2) is 6.10 Å². The Bertz CT molecular complexity index is 1200. The lowest BCUT2D eigenvalue weighted by Gasteiger charge is -2.16. The Hall–Kier alpha value is -3.73. The van der Waals surface area contributed by atoms with Crippen LogP contribution in [0.2, 0.25) is 0 Å². The van der Waals surface area contributed by atoms with Gasteiger partial charge in [0, 0.05) is 11.3 Å². The molecule has 0 bridgehead atoms. The molecule has 0 radical (unpaired) electrons. The molecular formula is C25H23N3O2. The summed E-state index contributed by atoms with van der Waals surface area (Å²) >= 11 is 0. The van der Waals surface area contributed by atoms with Gasteiger partial charge in [-0.05, 0) is 74.4 Å². The first kappa shape index (κ1) is 19.6. The fraction of sp³-hybridized carbons (Fsp3) is 0.160. The molecule has 150 valence electrons. The van der Waals surface area contributed by atoms with Crippen LogP contribution in [0.15, 0.2) is 72.9 Å². The number of ether oxygens (including phenoxy) is 1. The summed E-state index contributed by atoms with van der Waals surface area (Å²) in [6.45, 7) is 5.75. The molecule has 3 aromatic carbocycles. The molecule has 1 aromatic heterocycles. The zero-order chi connectivity index (χ0) is 21.1. The fourth-order valence-electron chi connectivity index (χ4n) is 3.18. The summed E-state index contributed by atoms with van der Waals surface area (Å²) in [7, 11) is 0. The van der Waals surface area contributed by atoms with Gasteiger partial charge in [-0.3, -0.25) is 9.78 Å². The van der Waals surface area contributed by atoms with Crippen LogP contribution in [0.25, 0.3) is 22.3 Å². The van der Waals surface area contributed by atoms with Crippen LogP contribution in [-0.2, 0) is 4.79 Å². The highest BCUT2D eigenvalue weighted by atomic mass is 16.5. The van der Waals surface area contributed by atoms with Crippen molar-refractivity contribution in [1.29, 1.82) is 0 Å². The monoisotopic (exact) mass is 397 g/mol. The molecule has 0 saturated heterocycles. The van der Waals surface area contributed by atoms with E-state index in [9.17, 15) is 4.79 Å². The van der Waals surface area contributed by atoms with E-state index >= 15 is 0 Å². The van der Waals surface area contributed by atoms with E-state index in [2.05, 4.69) is 15.3 Å². The maximum absolute atomic E-state index is 12.5. The molecule has 0 spiro atoms. The molecule has 0 aliphatic carbocycles. The fourth-order valence-corrected chi connectivity index (χ4v) is 3.18. The van der Waals surface area contributed by atoms with E-state index < -0.39 is 6.10 Å². The maximum atomic E-state index is 12.5. The van der Waals surface area contributed by atoms with Gasteiger partial charge in [0.1, 0.15) is 5.75 Å². The average molecular weight is 397 g/mol. The minimum Gasteiger partial charge on any atom is -0.481 e.